The monoisotopic (exact) mass is 397 g/mol. The number of nitrogens with zero attached hydrogens (tertiary/aromatic N) is 1. The van der Waals surface area contributed by atoms with Crippen molar-refractivity contribution in [2.45, 2.75) is 24.7 Å². The van der Waals surface area contributed by atoms with Gasteiger partial charge in [0, 0.05) is 23.9 Å². The van der Waals surface area contributed by atoms with Gasteiger partial charge in [-0.15, -0.1) is 0 Å². The summed E-state index contributed by atoms with van der Waals surface area (Å²) < 4.78 is 32.1. The highest BCUT2D eigenvalue weighted by Gasteiger charge is 2.15. The van der Waals surface area contributed by atoms with Crippen molar-refractivity contribution in [3.05, 3.63) is 47.1 Å². The number of carbonyl (C=O) groups is 1. The van der Waals surface area contributed by atoms with Crippen LogP contribution in [0, 0.1) is 0 Å². The molecule has 1 amide bonds. The van der Waals surface area contributed by atoms with Crippen LogP contribution < -0.4 is 14.8 Å². The molecule has 0 fully saturated rings. The highest BCUT2D eigenvalue weighted by molar-refractivity contribution is 7.89. The van der Waals surface area contributed by atoms with Crippen LogP contribution in [0.25, 0.3) is 0 Å². The van der Waals surface area contributed by atoms with E-state index in [1.54, 1.807) is 12.1 Å². The molecule has 0 radical (unpaired) electrons. The minimum absolute atomic E-state index is 0.0803. The first-order valence-electron chi connectivity index (χ1n) is 7.98. The van der Waals surface area contributed by atoms with E-state index in [9.17, 15) is 13.2 Å². The number of unbranched alkanes of at least 4 members (excludes halogenated alkanes) is 1. The van der Waals surface area contributed by atoms with Crippen LogP contribution in [-0.4, -0.2) is 33.0 Å². The summed E-state index contributed by atoms with van der Waals surface area (Å²) in [5.74, 6) is -0.250. The molecule has 0 aliphatic rings. The molecular formula is C17H20ClN3O4S. The van der Waals surface area contributed by atoms with E-state index in [2.05, 4.69) is 15.0 Å². The van der Waals surface area contributed by atoms with Crippen LogP contribution >= 0.6 is 11.6 Å². The number of nitrogens with one attached hydrogen (secondary N) is 2. The van der Waals surface area contributed by atoms with E-state index in [1.807, 2.05) is 6.92 Å². The highest BCUT2D eigenvalue weighted by Crippen LogP contribution is 2.19. The molecule has 2 rings (SSSR count). The van der Waals surface area contributed by atoms with Gasteiger partial charge in [-0.25, -0.2) is 18.1 Å². The fourth-order valence-electron chi connectivity index (χ4n) is 2.12. The van der Waals surface area contributed by atoms with Crippen LogP contribution in [0.5, 0.6) is 5.88 Å². The number of hydrogen-bond donors (Lipinski definition) is 2. The summed E-state index contributed by atoms with van der Waals surface area (Å²) >= 11 is 5.86. The van der Waals surface area contributed by atoms with E-state index >= 15 is 0 Å². The smallest absolute Gasteiger partial charge is 0.255 e. The molecule has 2 N–H and O–H groups in total. The zero-order valence-electron chi connectivity index (χ0n) is 14.5. The third-order valence-electron chi connectivity index (χ3n) is 3.47. The molecular weight excluding hydrogens is 378 g/mol. The summed E-state index contributed by atoms with van der Waals surface area (Å²) in [6.45, 7) is 2.34. The predicted molar refractivity (Wildman–Crippen MR) is 100 cm³/mol. The lowest BCUT2D eigenvalue weighted by Gasteiger charge is -2.10. The molecule has 7 nitrogen and oxygen atoms in total. The molecule has 0 bridgehead atoms. The lowest BCUT2D eigenvalue weighted by Crippen LogP contribution is -2.24. The Morgan fingerprint density at radius 3 is 2.73 bits per heavy atom. The molecule has 1 aromatic carbocycles. The fraction of sp³-hybridized carbons (Fsp3) is 0.294. The quantitative estimate of drug-likeness (QED) is 0.527. The van der Waals surface area contributed by atoms with Gasteiger partial charge in [0.2, 0.25) is 15.9 Å². The maximum absolute atomic E-state index is 12.4. The maximum Gasteiger partial charge on any atom is 0.255 e. The standard InChI is InChI=1S/C17H20ClN3O4S/c1-3-4-8-19-26(23,24)14-7-5-6-13(11-14)20-17(22)12-9-15(18)21-16(10-12)25-2/h5-7,9-11,19H,3-4,8H2,1-2H3,(H,20,22). The van der Waals surface area contributed by atoms with Crippen LogP contribution in [0.15, 0.2) is 41.3 Å². The molecule has 1 heterocycles. The first-order chi connectivity index (χ1) is 12.4. The average Bonchev–Trinajstić information content (AvgIpc) is 2.61. The van der Waals surface area contributed by atoms with Gasteiger partial charge < -0.3 is 10.1 Å². The molecule has 9 heteroatoms. The highest BCUT2D eigenvalue weighted by atomic mass is 35.5. The number of methoxy groups -OCH3 is 1. The maximum atomic E-state index is 12.4. The third kappa shape index (κ3) is 5.42. The second kappa shape index (κ2) is 8.98. The van der Waals surface area contributed by atoms with Gasteiger partial charge in [0.15, 0.2) is 0 Å². The number of benzene rings is 1. The van der Waals surface area contributed by atoms with Crippen LogP contribution in [0.3, 0.4) is 0 Å². The molecule has 0 saturated carbocycles. The summed E-state index contributed by atoms with van der Waals surface area (Å²) in [6, 6.07) is 8.86. The van der Waals surface area contributed by atoms with Crippen molar-refractivity contribution >= 4 is 33.2 Å². The predicted octanol–water partition coefficient (Wildman–Crippen LogP) is 3.07. The number of ether oxygens (including phenoxy) is 1. The van der Waals surface area contributed by atoms with Gasteiger partial charge in [0.25, 0.3) is 5.91 Å². The lowest BCUT2D eigenvalue weighted by molar-refractivity contribution is 0.102. The molecule has 2 aromatic rings. The Balaban J connectivity index is 2.18. The average molecular weight is 398 g/mol. The van der Waals surface area contributed by atoms with Gasteiger partial charge in [0.1, 0.15) is 5.15 Å². The zero-order valence-corrected chi connectivity index (χ0v) is 16.0. The number of hydrogen-bond acceptors (Lipinski definition) is 5. The zero-order chi connectivity index (χ0) is 19.2. The second-order valence-corrected chi connectivity index (χ2v) is 7.61. The van der Waals surface area contributed by atoms with Crippen LogP contribution in [0.2, 0.25) is 5.15 Å². The number of carbonyl (C=O) groups excluding carboxylic acids is 1. The number of halogens is 1. The van der Waals surface area contributed by atoms with E-state index in [0.29, 0.717) is 12.2 Å². The Morgan fingerprint density at radius 2 is 2.04 bits per heavy atom. The van der Waals surface area contributed by atoms with E-state index < -0.39 is 15.9 Å². The molecule has 0 saturated heterocycles. The van der Waals surface area contributed by atoms with E-state index in [0.717, 1.165) is 12.8 Å². The Morgan fingerprint density at radius 1 is 1.27 bits per heavy atom. The van der Waals surface area contributed by atoms with Crippen molar-refractivity contribution < 1.29 is 17.9 Å². The molecule has 0 aliphatic carbocycles. The van der Waals surface area contributed by atoms with Gasteiger partial charge in [-0.2, -0.15) is 0 Å². The van der Waals surface area contributed by atoms with Crippen LogP contribution in [0.1, 0.15) is 30.1 Å². The largest absolute Gasteiger partial charge is 0.481 e. The number of amides is 1. The molecule has 0 aliphatic heterocycles. The van der Waals surface area contributed by atoms with Crippen molar-refractivity contribution in [1.29, 1.82) is 0 Å². The molecule has 0 atom stereocenters. The first-order valence-corrected chi connectivity index (χ1v) is 9.84. The van der Waals surface area contributed by atoms with Gasteiger partial charge in [-0.3, -0.25) is 4.79 Å². The van der Waals surface area contributed by atoms with Crippen molar-refractivity contribution in [3.63, 3.8) is 0 Å². The Labute approximate surface area is 157 Å². The van der Waals surface area contributed by atoms with Gasteiger partial charge in [-0.05, 0) is 30.7 Å². The summed E-state index contributed by atoms with van der Waals surface area (Å²) in [4.78, 5) is 16.4. The summed E-state index contributed by atoms with van der Waals surface area (Å²) in [6.07, 6.45) is 1.64. The minimum atomic E-state index is -3.63. The lowest BCUT2D eigenvalue weighted by atomic mass is 10.2. The SMILES string of the molecule is CCCCNS(=O)(=O)c1cccc(NC(=O)c2cc(Cl)nc(OC)c2)c1. The van der Waals surface area contributed by atoms with Crippen molar-refractivity contribution in [2.75, 3.05) is 19.0 Å². The fourth-order valence-corrected chi connectivity index (χ4v) is 3.44. The van der Waals surface area contributed by atoms with Crippen molar-refractivity contribution in [2.24, 2.45) is 0 Å². The molecule has 1 aromatic heterocycles. The second-order valence-electron chi connectivity index (χ2n) is 5.45. The number of rotatable bonds is 8. The Kier molecular flexibility index (Phi) is 6.96. The van der Waals surface area contributed by atoms with Gasteiger partial charge in [0.05, 0.1) is 12.0 Å². The third-order valence-corrected chi connectivity index (χ3v) is 5.12. The number of sulfonamides is 1. The van der Waals surface area contributed by atoms with Crippen molar-refractivity contribution in [1.82, 2.24) is 9.71 Å². The molecule has 0 unspecified atom stereocenters. The van der Waals surface area contributed by atoms with E-state index in [1.165, 1.54) is 31.4 Å². The number of anilines is 1. The van der Waals surface area contributed by atoms with E-state index in [4.69, 9.17) is 16.3 Å². The topological polar surface area (TPSA) is 97.4 Å². The summed E-state index contributed by atoms with van der Waals surface area (Å²) in [7, 11) is -2.21. The number of pyridine rings is 1. The number of aromatic nitrogens is 1. The minimum Gasteiger partial charge on any atom is -0.481 e. The molecule has 0 spiro atoms. The van der Waals surface area contributed by atoms with Crippen molar-refractivity contribution in [3.8, 4) is 5.88 Å². The molecule has 140 valence electrons. The summed E-state index contributed by atoms with van der Waals surface area (Å²) in [5, 5.41) is 2.76. The van der Waals surface area contributed by atoms with Crippen LogP contribution in [-0.2, 0) is 10.0 Å². The molecule has 26 heavy (non-hydrogen) atoms. The van der Waals surface area contributed by atoms with Gasteiger partial charge in [-0.1, -0.05) is 31.0 Å². The Bertz CT molecular complexity index is 887. The normalized spacial score (nSPS) is 11.2. The van der Waals surface area contributed by atoms with E-state index in [-0.39, 0.29) is 21.5 Å². The Hall–Kier alpha value is -2.16. The summed E-state index contributed by atoms with van der Waals surface area (Å²) in [5.41, 5.74) is 0.594. The first kappa shape index (κ1) is 20.2. The van der Waals surface area contributed by atoms with Crippen LogP contribution in [0.4, 0.5) is 5.69 Å². The van der Waals surface area contributed by atoms with Gasteiger partial charge >= 0.3 is 0 Å².